The molecule has 0 saturated carbocycles. The van der Waals surface area contributed by atoms with Gasteiger partial charge in [0.15, 0.2) is 0 Å². The van der Waals surface area contributed by atoms with E-state index in [1.54, 1.807) is 7.11 Å². The topological polar surface area (TPSA) is 67.5 Å². The van der Waals surface area contributed by atoms with Gasteiger partial charge in [-0.1, -0.05) is 12.1 Å². The highest BCUT2D eigenvalue weighted by Gasteiger charge is 2.10. The van der Waals surface area contributed by atoms with E-state index in [-0.39, 0.29) is 12.6 Å². The minimum absolute atomic E-state index is 0.131. The number of ether oxygens (including phenoxy) is 1. The lowest BCUT2D eigenvalue weighted by molar-refractivity contribution is 0.283. The van der Waals surface area contributed by atoms with Gasteiger partial charge in [0.1, 0.15) is 5.75 Å². The molecule has 1 aromatic rings. The maximum Gasteiger partial charge on any atom is 0.121 e. The van der Waals surface area contributed by atoms with E-state index in [1.807, 2.05) is 19.1 Å². The maximum absolute atomic E-state index is 8.75. The zero-order valence-corrected chi connectivity index (χ0v) is 10.6. The summed E-state index contributed by atoms with van der Waals surface area (Å²) in [5.74, 6) is 0.889. The molecular formula is C13H22N2O2. The average molecular weight is 238 g/mol. The van der Waals surface area contributed by atoms with E-state index < -0.39 is 0 Å². The van der Waals surface area contributed by atoms with Crippen LogP contribution in [0.5, 0.6) is 5.75 Å². The van der Waals surface area contributed by atoms with Crippen LogP contribution < -0.4 is 15.8 Å². The molecule has 4 nitrogen and oxygen atoms in total. The van der Waals surface area contributed by atoms with Crippen molar-refractivity contribution in [3.63, 3.8) is 0 Å². The maximum atomic E-state index is 8.75. The van der Waals surface area contributed by atoms with Crippen molar-refractivity contribution in [3.05, 3.63) is 29.3 Å². The molecule has 1 atom stereocenters. The molecule has 0 aliphatic carbocycles. The smallest absolute Gasteiger partial charge is 0.121 e. The molecule has 0 spiro atoms. The van der Waals surface area contributed by atoms with E-state index in [0.717, 1.165) is 29.8 Å². The zero-order valence-electron chi connectivity index (χ0n) is 10.6. The summed E-state index contributed by atoms with van der Waals surface area (Å²) in [5.41, 5.74) is 8.01. The fourth-order valence-corrected chi connectivity index (χ4v) is 1.81. The Labute approximate surface area is 103 Å². The molecule has 0 saturated heterocycles. The molecule has 0 radical (unpaired) electrons. The Kier molecular flexibility index (Phi) is 5.97. The highest BCUT2D eigenvalue weighted by molar-refractivity contribution is 5.37. The number of aliphatic hydroxyl groups excluding tert-OH is 1. The largest absolute Gasteiger partial charge is 0.496 e. The lowest BCUT2D eigenvalue weighted by atomic mass is 10.0. The van der Waals surface area contributed by atoms with Crippen molar-refractivity contribution in [3.8, 4) is 5.75 Å². The summed E-state index contributed by atoms with van der Waals surface area (Å²) in [6, 6.07) is 6.20. The van der Waals surface area contributed by atoms with Crippen LogP contribution in [0, 0.1) is 6.92 Å². The second-order valence-electron chi connectivity index (χ2n) is 4.05. The van der Waals surface area contributed by atoms with Gasteiger partial charge < -0.3 is 20.9 Å². The zero-order chi connectivity index (χ0) is 12.7. The predicted molar refractivity (Wildman–Crippen MR) is 69.2 cm³/mol. The number of aryl methyl sites for hydroxylation is 1. The lowest BCUT2D eigenvalue weighted by Gasteiger charge is -2.18. The Hall–Kier alpha value is -1.10. The summed E-state index contributed by atoms with van der Waals surface area (Å²) >= 11 is 0. The Balaban J connectivity index is 2.71. The average Bonchev–Trinajstić information content (AvgIpc) is 2.35. The highest BCUT2D eigenvalue weighted by atomic mass is 16.5. The number of methoxy groups -OCH3 is 1. The first kappa shape index (κ1) is 14.0. The van der Waals surface area contributed by atoms with Crippen LogP contribution >= 0.6 is 0 Å². The molecule has 0 aliphatic rings. The SMILES string of the molecule is COc1ccc(C(CN)NCCCO)cc1C. The first-order valence-corrected chi connectivity index (χ1v) is 5.91. The molecule has 17 heavy (non-hydrogen) atoms. The molecule has 96 valence electrons. The summed E-state index contributed by atoms with van der Waals surface area (Å²) < 4.78 is 5.23. The Morgan fingerprint density at radius 1 is 1.47 bits per heavy atom. The van der Waals surface area contributed by atoms with Gasteiger partial charge in [0.2, 0.25) is 0 Å². The molecule has 4 heteroatoms. The van der Waals surface area contributed by atoms with Gasteiger partial charge in [-0.2, -0.15) is 0 Å². The minimum Gasteiger partial charge on any atom is -0.496 e. The highest BCUT2D eigenvalue weighted by Crippen LogP contribution is 2.22. The molecule has 1 aromatic carbocycles. The molecule has 0 amide bonds. The number of hydrogen-bond donors (Lipinski definition) is 3. The summed E-state index contributed by atoms with van der Waals surface area (Å²) in [7, 11) is 1.67. The third kappa shape index (κ3) is 4.00. The number of nitrogens with two attached hydrogens (primary N) is 1. The Morgan fingerprint density at radius 2 is 2.24 bits per heavy atom. The van der Waals surface area contributed by atoms with Gasteiger partial charge in [0.05, 0.1) is 7.11 Å². The standard InChI is InChI=1S/C13H22N2O2/c1-10-8-11(4-5-13(10)17-2)12(9-14)15-6-3-7-16/h4-5,8,12,15-16H,3,6-7,9,14H2,1-2H3. The molecule has 0 aliphatic heterocycles. The van der Waals surface area contributed by atoms with Crippen molar-refractivity contribution >= 4 is 0 Å². The monoisotopic (exact) mass is 238 g/mol. The first-order chi connectivity index (χ1) is 8.22. The van der Waals surface area contributed by atoms with E-state index in [4.69, 9.17) is 15.6 Å². The molecule has 0 bridgehead atoms. The van der Waals surface area contributed by atoms with E-state index in [2.05, 4.69) is 11.4 Å². The normalized spacial score (nSPS) is 12.5. The van der Waals surface area contributed by atoms with Gasteiger partial charge in [-0.3, -0.25) is 0 Å². The van der Waals surface area contributed by atoms with Gasteiger partial charge in [0, 0.05) is 19.2 Å². The summed E-state index contributed by atoms with van der Waals surface area (Å²) in [6.45, 7) is 3.52. The number of rotatable bonds is 7. The van der Waals surface area contributed by atoms with Crippen molar-refractivity contribution in [2.45, 2.75) is 19.4 Å². The molecule has 1 rings (SSSR count). The van der Waals surface area contributed by atoms with Crippen LogP contribution in [-0.2, 0) is 0 Å². The lowest BCUT2D eigenvalue weighted by Crippen LogP contribution is -2.29. The first-order valence-electron chi connectivity index (χ1n) is 5.91. The predicted octanol–water partition coefficient (Wildman–Crippen LogP) is 0.975. The number of hydrogen-bond acceptors (Lipinski definition) is 4. The molecule has 0 heterocycles. The minimum atomic E-state index is 0.131. The quantitative estimate of drug-likeness (QED) is 0.619. The van der Waals surface area contributed by atoms with E-state index in [9.17, 15) is 0 Å². The van der Waals surface area contributed by atoms with Crippen molar-refractivity contribution in [1.29, 1.82) is 0 Å². The van der Waals surface area contributed by atoms with Gasteiger partial charge >= 0.3 is 0 Å². The second-order valence-corrected chi connectivity index (χ2v) is 4.05. The van der Waals surface area contributed by atoms with Crippen molar-refractivity contribution < 1.29 is 9.84 Å². The van der Waals surface area contributed by atoms with Crippen LogP contribution in [0.15, 0.2) is 18.2 Å². The number of benzene rings is 1. The van der Waals surface area contributed by atoms with Crippen LogP contribution in [-0.4, -0.2) is 31.9 Å². The number of nitrogens with one attached hydrogen (secondary N) is 1. The third-order valence-corrected chi connectivity index (χ3v) is 2.78. The summed E-state index contributed by atoms with van der Waals surface area (Å²) in [4.78, 5) is 0. The molecular weight excluding hydrogens is 216 g/mol. The van der Waals surface area contributed by atoms with Gasteiger partial charge in [-0.25, -0.2) is 0 Å². The van der Waals surface area contributed by atoms with Gasteiger partial charge in [0.25, 0.3) is 0 Å². The van der Waals surface area contributed by atoms with Crippen LogP contribution in [0.3, 0.4) is 0 Å². The van der Waals surface area contributed by atoms with E-state index >= 15 is 0 Å². The van der Waals surface area contributed by atoms with E-state index in [0.29, 0.717) is 6.54 Å². The van der Waals surface area contributed by atoms with Crippen LogP contribution in [0.4, 0.5) is 0 Å². The molecule has 0 fully saturated rings. The van der Waals surface area contributed by atoms with Crippen LogP contribution in [0.2, 0.25) is 0 Å². The molecule has 4 N–H and O–H groups in total. The van der Waals surface area contributed by atoms with Crippen LogP contribution in [0.1, 0.15) is 23.6 Å². The fraction of sp³-hybridized carbons (Fsp3) is 0.538. The van der Waals surface area contributed by atoms with Crippen molar-refractivity contribution in [1.82, 2.24) is 5.32 Å². The third-order valence-electron chi connectivity index (χ3n) is 2.78. The Morgan fingerprint density at radius 3 is 2.76 bits per heavy atom. The number of aliphatic hydroxyl groups is 1. The van der Waals surface area contributed by atoms with Gasteiger partial charge in [-0.05, 0) is 37.1 Å². The summed E-state index contributed by atoms with van der Waals surface area (Å²) in [6.07, 6.45) is 0.742. The van der Waals surface area contributed by atoms with E-state index in [1.165, 1.54) is 0 Å². The van der Waals surface area contributed by atoms with Gasteiger partial charge in [-0.15, -0.1) is 0 Å². The fourth-order valence-electron chi connectivity index (χ4n) is 1.81. The molecule has 1 unspecified atom stereocenters. The molecule has 0 aromatic heterocycles. The Bertz CT molecular complexity index is 342. The van der Waals surface area contributed by atoms with Crippen molar-refractivity contribution in [2.24, 2.45) is 5.73 Å². The van der Waals surface area contributed by atoms with Crippen LogP contribution in [0.25, 0.3) is 0 Å². The van der Waals surface area contributed by atoms with Crippen molar-refractivity contribution in [2.75, 3.05) is 26.8 Å². The second kappa shape index (κ2) is 7.27. The summed E-state index contributed by atoms with van der Waals surface area (Å²) in [5, 5.41) is 12.1.